The van der Waals surface area contributed by atoms with Gasteiger partial charge in [0.05, 0.1) is 16.8 Å². The SMILES string of the molecule is CC(O)C1CCN(Cc2ccc(Cl)c(N)c2)C1. The molecule has 3 N–H and O–H groups in total. The molecule has 1 fully saturated rings. The molecule has 0 bridgehead atoms. The molecule has 2 unspecified atom stereocenters. The Labute approximate surface area is 107 Å². The van der Waals surface area contributed by atoms with E-state index in [1.165, 1.54) is 5.56 Å². The Hall–Kier alpha value is -0.770. The van der Waals surface area contributed by atoms with Gasteiger partial charge in [-0.05, 0) is 43.5 Å². The van der Waals surface area contributed by atoms with E-state index >= 15 is 0 Å². The maximum absolute atomic E-state index is 9.55. The first-order chi connectivity index (χ1) is 8.06. The Morgan fingerprint density at radius 3 is 2.94 bits per heavy atom. The molecule has 0 spiro atoms. The van der Waals surface area contributed by atoms with Gasteiger partial charge in [0, 0.05) is 13.1 Å². The molecule has 1 aliphatic rings. The first kappa shape index (κ1) is 12.7. The molecule has 3 nitrogen and oxygen atoms in total. The van der Waals surface area contributed by atoms with Crippen molar-refractivity contribution in [2.45, 2.75) is 26.0 Å². The summed E-state index contributed by atoms with van der Waals surface area (Å²) < 4.78 is 0. The van der Waals surface area contributed by atoms with Crippen LogP contribution in [-0.4, -0.2) is 29.2 Å². The molecule has 0 aliphatic carbocycles. The predicted molar refractivity (Wildman–Crippen MR) is 70.9 cm³/mol. The highest BCUT2D eigenvalue weighted by Crippen LogP contribution is 2.24. The number of benzene rings is 1. The van der Waals surface area contributed by atoms with Crippen LogP contribution in [0.3, 0.4) is 0 Å². The third kappa shape index (κ3) is 3.12. The molecule has 94 valence electrons. The highest BCUT2D eigenvalue weighted by molar-refractivity contribution is 6.33. The maximum Gasteiger partial charge on any atom is 0.0635 e. The van der Waals surface area contributed by atoms with Crippen LogP contribution in [0.15, 0.2) is 18.2 Å². The van der Waals surface area contributed by atoms with E-state index in [0.29, 0.717) is 16.6 Å². The smallest absolute Gasteiger partial charge is 0.0635 e. The Morgan fingerprint density at radius 1 is 1.59 bits per heavy atom. The quantitative estimate of drug-likeness (QED) is 0.813. The lowest BCUT2D eigenvalue weighted by atomic mass is 10.0. The van der Waals surface area contributed by atoms with Crippen LogP contribution in [0.2, 0.25) is 5.02 Å². The zero-order chi connectivity index (χ0) is 12.4. The molecule has 4 heteroatoms. The molecular formula is C13H19ClN2O. The van der Waals surface area contributed by atoms with Crippen LogP contribution in [0.25, 0.3) is 0 Å². The molecule has 1 heterocycles. The number of likely N-dealkylation sites (tertiary alicyclic amines) is 1. The summed E-state index contributed by atoms with van der Waals surface area (Å²) in [6.45, 7) is 4.75. The van der Waals surface area contributed by atoms with Crippen molar-refractivity contribution in [1.29, 1.82) is 0 Å². The van der Waals surface area contributed by atoms with Gasteiger partial charge in [-0.15, -0.1) is 0 Å². The lowest BCUT2D eigenvalue weighted by Gasteiger charge is -2.17. The van der Waals surface area contributed by atoms with Crippen molar-refractivity contribution < 1.29 is 5.11 Å². The van der Waals surface area contributed by atoms with Crippen LogP contribution in [0.5, 0.6) is 0 Å². The van der Waals surface area contributed by atoms with Gasteiger partial charge in [0.1, 0.15) is 0 Å². The van der Waals surface area contributed by atoms with Gasteiger partial charge in [-0.1, -0.05) is 17.7 Å². The zero-order valence-corrected chi connectivity index (χ0v) is 10.8. The molecule has 0 saturated carbocycles. The number of rotatable bonds is 3. The number of nitrogens with zero attached hydrogens (tertiary/aromatic N) is 1. The molecule has 17 heavy (non-hydrogen) atoms. The molecule has 2 atom stereocenters. The second kappa shape index (κ2) is 5.25. The van der Waals surface area contributed by atoms with E-state index in [0.717, 1.165) is 26.1 Å². The average Bonchev–Trinajstić information content (AvgIpc) is 2.72. The number of nitrogen functional groups attached to an aromatic ring is 1. The second-order valence-electron chi connectivity index (χ2n) is 4.88. The van der Waals surface area contributed by atoms with Gasteiger partial charge >= 0.3 is 0 Å². The standard InChI is InChI=1S/C13H19ClN2O/c1-9(17)11-4-5-16(8-11)7-10-2-3-12(14)13(15)6-10/h2-3,6,9,11,17H,4-5,7-8,15H2,1H3. The minimum absolute atomic E-state index is 0.213. The molecule has 0 aromatic heterocycles. The van der Waals surface area contributed by atoms with E-state index < -0.39 is 0 Å². The summed E-state index contributed by atoms with van der Waals surface area (Å²) in [5.74, 6) is 0.402. The molecule has 1 aliphatic heterocycles. The fourth-order valence-electron chi connectivity index (χ4n) is 2.35. The van der Waals surface area contributed by atoms with E-state index in [-0.39, 0.29) is 6.10 Å². The fourth-order valence-corrected chi connectivity index (χ4v) is 2.47. The van der Waals surface area contributed by atoms with Crippen molar-refractivity contribution in [3.05, 3.63) is 28.8 Å². The fraction of sp³-hybridized carbons (Fsp3) is 0.538. The largest absolute Gasteiger partial charge is 0.398 e. The lowest BCUT2D eigenvalue weighted by Crippen LogP contribution is -2.23. The average molecular weight is 255 g/mol. The van der Waals surface area contributed by atoms with Crippen LogP contribution >= 0.6 is 11.6 Å². The third-order valence-electron chi connectivity index (χ3n) is 3.46. The van der Waals surface area contributed by atoms with Crippen LogP contribution in [0, 0.1) is 5.92 Å². The number of hydrogen-bond donors (Lipinski definition) is 2. The highest BCUT2D eigenvalue weighted by atomic mass is 35.5. The summed E-state index contributed by atoms with van der Waals surface area (Å²) in [5.41, 5.74) is 7.59. The Morgan fingerprint density at radius 2 is 2.35 bits per heavy atom. The summed E-state index contributed by atoms with van der Waals surface area (Å²) in [6, 6.07) is 5.78. The number of aliphatic hydroxyl groups is 1. The first-order valence-electron chi connectivity index (χ1n) is 6.00. The summed E-state index contributed by atoms with van der Waals surface area (Å²) in [5, 5.41) is 10.2. The summed E-state index contributed by atoms with van der Waals surface area (Å²) in [6.07, 6.45) is 0.857. The normalized spacial score (nSPS) is 22.9. The highest BCUT2D eigenvalue weighted by Gasteiger charge is 2.25. The van der Waals surface area contributed by atoms with E-state index in [1.807, 2.05) is 25.1 Å². The van der Waals surface area contributed by atoms with E-state index in [1.54, 1.807) is 0 Å². The summed E-state index contributed by atoms with van der Waals surface area (Å²) in [4.78, 5) is 2.35. The third-order valence-corrected chi connectivity index (χ3v) is 3.80. The topological polar surface area (TPSA) is 49.5 Å². The number of hydrogen-bond acceptors (Lipinski definition) is 3. The molecule has 2 rings (SSSR count). The van der Waals surface area contributed by atoms with E-state index in [9.17, 15) is 5.11 Å². The molecular weight excluding hydrogens is 236 g/mol. The zero-order valence-electron chi connectivity index (χ0n) is 10.1. The Balaban J connectivity index is 1.96. The number of anilines is 1. The molecule has 1 saturated heterocycles. The Bertz CT molecular complexity index is 395. The lowest BCUT2D eigenvalue weighted by molar-refractivity contribution is 0.127. The summed E-state index contributed by atoms with van der Waals surface area (Å²) >= 11 is 5.89. The molecule has 0 amide bonds. The van der Waals surface area contributed by atoms with Gasteiger partial charge in [0.25, 0.3) is 0 Å². The minimum Gasteiger partial charge on any atom is -0.398 e. The number of halogens is 1. The van der Waals surface area contributed by atoms with E-state index in [2.05, 4.69) is 4.90 Å². The number of aliphatic hydroxyl groups excluding tert-OH is 1. The molecule has 1 aromatic carbocycles. The van der Waals surface area contributed by atoms with Crippen LogP contribution in [-0.2, 0) is 6.54 Å². The molecule has 1 aromatic rings. The number of nitrogens with two attached hydrogens (primary N) is 1. The van der Waals surface area contributed by atoms with E-state index in [4.69, 9.17) is 17.3 Å². The van der Waals surface area contributed by atoms with Crippen LogP contribution in [0.1, 0.15) is 18.9 Å². The van der Waals surface area contributed by atoms with Gasteiger partial charge < -0.3 is 10.8 Å². The van der Waals surface area contributed by atoms with Crippen LogP contribution < -0.4 is 5.73 Å². The van der Waals surface area contributed by atoms with Gasteiger partial charge in [-0.3, -0.25) is 4.90 Å². The van der Waals surface area contributed by atoms with Gasteiger partial charge in [-0.2, -0.15) is 0 Å². The van der Waals surface area contributed by atoms with Crippen LogP contribution in [0.4, 0.5) is 5.69 Å². The Kier molecular flexibility index (Phi) is 3.92. The van der Waals surface area contributed by atoms with Gasteiger partial charge in [0.2, 0.25) is 0 Å². The predicted octanol–water partition coefficient (Wildman–Crippen LogP) is 2.12. The van der Waals surface area contributed by atoms with Crippen molar-refractivity contribution in [2.24, 2.45) is 5.92 Å². The van der Waals surface area contributed by atoms with Crippen molar-refractivity contribution in [1.82, 2.24) is 4.90 Å². The molecule has 0 radical (unpaired) electrons. The minimum atomic E-state index is -0.213. The maximum atomic E-state index is 9.55. The first-order valence-corrected chi connectivity index (χ1v) is 6.38. The summed E-state index contributed by atoms with van der Waals surface area (Å²) in [7, 11) is 0. The van der Waals surface area contributed by atoms with Crippen molar-refractivity contribution in [3.63, 3.8) is 0 Å². The van der Waals surface area contributed by atoms with Crippen molar-refractivity contribution in [3.8, 4) is 0 Å². The second-order valence-corrected chi connectivity index (χ2v) is 5.29. The van der Waals surface area contributed by atoms with Gasteiger partial charge in [-0.25, -0.2) is 0 Å². The van der Waals surface area contributed by atoms with Gasteiger partial charge in [0.15, 0.2) is 0 Å². The van der Waals surface area contributed by atoms with Crippen molar-refractivity contribution >= 4 is 17.3 Å². The monoisotopic (exact) mass is 254 g/mol. The van der Waals surface area contributed by atoms with Crippen molar-refractivity contribution in [2.75, 3.05) is 18.8 Å².